The summed E-state index contributed by atoms with van der Waals surface area (Å²) in [5, 5.41) is 3.27. The van der Waals surface area contributed by atoms with E-state index in [1.54, 1.807) is 14.0 Å². The van der Waals surface area contributed by atoms with Gasteiger partial charge in [-0.25, -0.2) is 18.2 Å². The van der Waals surface area contributed by atoms with Crippen molar-refractivity contribution in [2.45, 2.75) is 19.9 Å². The van der Waals surface area contributed by atoms with Crippen molar-refractivity contribution >= 4 is 11.3 Å². The van der Waals surface area contributed by atoms with E-state index in [1.807, 2.05) is 6.92 Å². The van der Waals surface area contributed by atoms with Crippen LogP contribution in [0.3, 0.4) is 0 Å². The number of hydrogen-bond acceptors (Lipinski definition) is 3. The highest BCUT2D eigenvalue weighted by Gasteiger charge is 2.20. The SMILES string of the molecule is CNC(C)c1sc(-c2c(F)cc(F)cc2F)nc1C. The number of nitrogens with one attached hydrogen (secondary N) is 1. The lowest BCUT2D eigenvalue weighted by atomic mass is 10.2. The average Bonchev–Trinajstić information content (AvgIpc) is 2.68. The highest BCUT2D eigenvalue weighted by molar-refractivity contribution is 7.15. The molecule has 0 aliphatic carbocycles. The van der Waals surface area contributed by atoms with Crippen molar-refractivity contribution in [2.24, 2.45) is 0 Å². The smallest absolute Gasteiger partial charge is 0.139 e. The van der Waals surface area contributed by atoms with Crippen LogP contribution in [0.15, 0.2) is 12.1 Å². The molecule has 102 valence electrons. The molecular formula is C13H13F3N2S. The van der Waals surface area contributed by atoms with E-state index in [0.29, 0.717) is 17.8 Å². The number of hydrogen-bond donors (Lipinski definition) is 1. The summed E-state index contributed by atoms with van der Waals surface area (Å²) in [5.41, 5.74) is 0.439. The maximum atomic E-state index is 13.7. The lowest BCUT2D eigenvalue weighted by Crippen LogP contribution is -2.11. The van der Waals surface area contributed by atoms with Gasteiger partial charge >= 0.3 is 0 Å². The molecule has 1 unspecified atom stereocenters. The molecule has 1 atom stereocenters. The van der Waals surface area contributed by atoms with Gasteiger partial charge in [0.15, 0.2) is 0 Å². The molecule has 0 amide bonds. The summed E-state index contributed by atoms with van der Waals surface area (Å²) in [5.74, 6) is -2.80. The number of benzene rings is 1. The third-order valence-corrected chi connectivity index (χ3v) is 4.24. The molecule has 0 bridgehead atoms. The summed E-state index contributed by atoms with van der Waals surface area (Å²) in [6.45, 7) is 3.71. The molecule has 0 radical (unpaired) electrons. The second kappa shape index (κ2) is 5.30. The van der Waals surface area contributed by atoms with Gasteiger partial charge in [-0.3, -0.25) is 0 Å². The first-order valence-electron chi connectivity index (χ1n) is 5.73. The molecule has 2 nitrogen and oxygen atoms in total. The van der Waals surface area contributed by atoms with Gasteiger partial charge in [-0.2, -0.15) is 0 Å². The van der Waals surface area contributed by atoms with Crippen molar-refractivity contribution in [1.82, 2.24) is 10.3 Å². The number of nitrogens with zero attached hydrogens (tertiary/aromatic N) is 1. The Morgan fingerprint density at radius 3 is 2.32 bits per heavy atom. The van der Waals surface area contributed by atoms with E-state index in [9.17, 15) is 13.2 Å². The quantitative estimate of drug-likeness (QED) is 0.928. The zero-order valence-corrected chi connectivity index (χ0v) is 11.5. The molecule has 0 saturated carbocycles. The van der Waals surface area contributed by atoms with Gasteiger partial charge in [0.1, 0.15) is 22.5 Å². The van der Waals surface area contributed by atoms with E-state index in [0.717, 1.165) is 4.88 Å². The normalized spacial score (nSPS) is 12.7. The molecule has 0 saturated heterocycles. The number of aryl methyl sites for hydroxylation is 1. The number of thiazole rings is 1. The highest BCUT2D eigenvalue weighted by Crippen LogP contribution is 2.34. The Kier molecular flexibility index (Phi) is 3.91. The highest BCUT2D eigenvalue weighted by atomic mass is 32.1. The molecule has 0 aliphatic heterocycles. The summed E-state index contributed by atoms with van der Waals surface area (Å²) in [6.07, 6.45) is 0. The van der Waals surface area contributed by atoms with Gasteiger partial charge in [-0.05, 0) is 20.9 Å². The van der Waals surface area contributed by atoms with Gasteiger partial charge < -0.3 is 5.32 Å². The van der Waals surface area contributed by atoms with Crippen LogP contribution in [0.5, 0.6) is 0 Å². The van der Waals surface area contributed by atoms with Crippen LogP contribution in [0.1, 0.15) is 23.5 Å². The second-order valence-corrected chi connectivity index (χ2v) is 5.25. The summed E-state index contributed by atoms with van der Waals surface area (Å²) in [4.78, 5) is 5.08. The third kappa shape index (κ3) is 2.64. The van der Waals surface area contributed by atoms with Crippen molar-refractivity contribution in [3.63, 3.8) is 0 Å². The lowest BCUT2D eigenvalue weighted by Gasteiger charge is -2.07. The van der Waals surface area contributed by atoms with Crippen LogP contribution in [0.2, 0.25) is 0 Å². The van der Waals surface area contributed by atoms with Crippen molar-refractivity contribution in [2.75, 3.05) is 7.05 Å². The Bertz CT molecular complexity index is 587. The van der Waals surface area contributed by atoms with Crippen molar-refractivity contribution in [3.8, 4) is 10.6 Å². The van der Waals surface area contributed by atoms with Crippen LogP contribution in [0, 0.1) is 24.4 Å². The lowest BCUT2D eigenvalue weighted by molar-refractivity contribution is 0.548. The molecule has 0 fully saturated rings. The Balaban J connectivity index is 2.54. The first kappa shape index (κ1) is 14.0. The predicted molar refractivity (Wildman–Crippen MR) is 69.6 cm³/mol. The molecule has 0 spiro atoms. The van der Waals surface area contributed by atoms with Crippen LogP contribution in [-0.4, -0.2) is 12.0 Å². The second-order valence-electron chi connectivity index (χ2n) is 4.22. The fourth-order valence-corrected chi connectivity index (χ4v) is 2.97. The fourth-order valence-electron chi connectivity index (χ4n) is 1.79. The fraction of sp³-hybridized carbons (Fsp3) is 0.308. The zero-order valence-electron chi connectivity index (χ0n) is 10.7. The standard InChI is InChI=1S/C13H13F3N2S/c1-6(17-3)12-7(2)18-13(19-12)11-9(15)4-8(14)5-10(11)16/h4-6,17H,1-3H3. The van der Waals surface area contributed by atoms with Gasteiger partial charge in [0, 0.05) is 23.1 Å². The molecule has 6 heteroatoms. The summed E-state index contributed by atoms with van der Waals surface area (Å²) >= 11 is 1.20. The minimum Gasteiger partial charge on any atom is -0.312 e. The van der Waals surface area contributed by atoms with Crippen LogP contribution in [-0.2, 0) is 0 Å². The molecule has 1 aromatic carbocycles. The molecule has 1 N–H and O–H groups in total. The van der Waals surface area contributed by atoms with E-state index in [2.05, 4.69) is 10.3 Å². The molecule has 2 aromatic rings. The van der Waals surface area contributed by atoms with E-state index in [1.165, 1.54) is 11.3 Å². The Morgan fingerprint density at radius 1 is 1.21 bits per heavy atom. The van der Waals surface area contributed by atoms with Crippen LogP contribution >= 0.6 is 11.3 Å². The number of halogens is 3. The summed E-state index contributed by atoms with van der Waals surface area (Å²) in [6, 6.07) is 1.37. The van der Waals surface area contributed by atoms with Gasteiger partial charge in [-0.15, -0.1) is 11.3 Å². The Morgan fingerprint density at radius 2 is 1.79 bits per heavy atom. The zero-order chi connectivity index (χ0) is 14.2. The van der Waals surface area contributed by atoms with Gasteiger partial charge in [0.25, 0.3) is 0 Å². The molecule has 0 aliphatic rings. The molecular weight excluding hydrogens is 273 g/mol. The van der Waals surface area contributed by atoms with Crippen molar-refractivity contribution in [3.05, 3.63) is 40.2 Å². The van der Waals surface area contributed by atoms with Crippen molar-refractivity contribution in [1.29, 1.82) is 0 Å². The maximum Gasteiger partial charge on any atom is 0.139 e. The van der Waals surface area contributed by atoms with Crippen LogP contribution in [0.4, 0.5) is 13.2 Å². The van der Waals surface area contributed by atoms with Gasteiger partial charge in [-0.1, -0.05) is 0 Å². The number of aromatic nitrogens is 1. The predicted octanol–water partition coefficient (Wildman–Crippen LogP) is 3.82. The first-order valence-corrected chi connectivity index (χ1v) is 6.55. The van der Waals surface area contributed by atoms with E-state index >= 15 is 0 Å². The Labute approximate surface area is 113 Å². The average molecular weight is 286 g/mol. The van der Waals surface area contributed by atoms with Crippen molar-refractivity contribution < 1.29 is 13.2 Å². The van der Waals surface area contributed by atoms with Gasteiger partial charge in [0.05, 0.1) is 11.3 Å². The summed E-state index contributed by atoms with van der Waals surface area (Å²) < 4.78 is 40.3. The van der Waals surface area contributed by atoms with Crippen LogP contribution < -0.4 is 5.32 Å². The minimum absolute atomic E-state index is 0.0396. The van der Waals surface area contributed by atoms with E-state index in [-0.39, 0.29) is 16.6 Å². The topological polar surface area (TPSA) is 24.9 Å². The third-order valence-electron chi connectivity index (χ3n) is 2.88. The molecule has 19 heavy (non-hydrogen) atoms. The van der Waals surface area contributed by atoms with E-state index in [4.69, 9.17) is 0 Å². The largest absolute Gasteiger partial charge is 0.312 e. The number of rotatable bonds is 3. The minimum atomic E-state index is -0.935. The van der Waals surface area contributed by atoms with Gasteiger partial charge in [0.2, 0.25) is 0 Å². The van der Waals surface area contributed by atoms with Crippen LogP contribution in [0.25, 0.3) is 10.6 Å². The molecule has 1 aromatic heterocycles. The first-order chi connectivity index (χ1) is 8.93. The Hall–Kier alpha value is -1.40. The molecule has 2 rings (SSSR count). The molecule has 1 heterocycles. The summed E-state index contributed by atoms with van der Waals surface area (Å²) in [7, 11) is 1.79. The monoisotopic (exact) mass is 286 g/mol. The maximum absolute atomic E-state index is 13.7. The van der Waals surface area contributed by atoms with E-state index < -0.39 is 17.5 Å².